The molecule has 0 aliphatic heterocycles. The number of nitrogens with two attached hydrogens (primary N) is 1. The molecule has 1 aromatic carbocycles. The maximum Gasteiger partial charge on any atom is 0.142 e. The number of aryl methyl sites for hydroxylation is 2. The number of aromatic nitrogens is 1. The van der Waals surface area contributed by atoms with Gasteiger partial charge in [-0.1, -0.05) is 17.7 Å². The van der Waals surface area contributed by atoms with Crippen molar-refractivity contribution in [2.24, 2.45) is 5.73 Å². The van der Waals surface area contributed by atoms with Crippen LogP contribution in [0.25, 0.3) is 0 Å². The molecule has 0 aliphatic carbocycles. The van der Waals surface area contributed by atoms with E-state index in [9.17, 15) is 4.39 Å². The van der Waals surface area contributed by atoms with Crippen LogP contribution in [0.2, 0.25) is 5.02 Å². The van der Waals surface area contributed by atoms with Gasteiger partial charge < -0.3 is 5.73 Å². The lowest BCUT2D eigenvalue weighted by molar-refractivity contribution is 0.624. The normalized spacial score (nSPS) is 12.8. The standard InChI is InChI=1S/C12H12ClFN2S/c1-6-7(2)17-12(16-6)11(15)8-3-4-9(13)10(14)5-8/h3-5,11H,15H2,1-2H3. The number of halogens is 2. The van der Waals surface area contributed by atoms with Crippen LogP contribution in [0.1, 0.15) is 27.2 Å². The first-order chi connectivity index (χ1) is 7.99. The van der Waals surface area contributed by atoms with Gasteiger partial charge in [-0.05, 0) is 31.5 Å². The highest BCUT2D eigenvalue weighted by Gasteiger charge is 2.15. The Morgan fingerprint density at radius 1 is 1.41 bits per heavy atom. The van der Waals surface area contributed by atoms with E-state index in [0.717, 1.165) is 15.6 Å². The van der Waals surface area contributed by atoms with Crippen molar-refractivity contribution in [1.29, 1.82) is 0 Å². The van der Waals surface area contributed by atoms with E-state index in [1.807, 2.05) is 13.8 Å². The van der Waals surface area contributed by atoms with E-state index in [1.54, 1.807) is 6.07 Å². The van der Waals surface area contributed by atoms with E-state index in [1.165, 1.54) is 23.5 Å². The highest BCUT2D eigenvalue weighted by atomic mass is 35.5. The Hall–Kier alpha value is -0.970. The van der Waals surface area contributed by atoms with E-state index in [0.29, 0.717) is 5.56 Å². The Bertz CT molecular complexity index is 534. The molecular formula is C12H12ClFN2S. The minimum atomic E-state index is -0.454. The molecule has 1 aromatic heterocycles. The molecule has 0 spiro atoms. The molecule has 2 N–H and O–H groups in total. The van der Waals surface area contributed by atoms with Gasteiger partial charge >= 0.3 is 0 Å². The summed E-state index contributed by atoms with van der Waals surface area (Å²) in [5, 5.41) is 0.897. The van der Waals surface area contributed by atoms with Crippen molar-refractivity contribution < 1.29 is 4.39 Å². The van der Waals surface area contributed by atoms with Crippen LogP contribution in [0.5, 0.6) is 0 Å². The first kappa shape index (κ1) is 12.5. The second kappa shape index (κ2) is 4.72. The maximum atomic E-state index is 13.3. The monoisotopic (exact) mass is 270 g/mol. The summed E-state index contributed by atoms with van der Waals surface area (Å²) in [4.78, 5) is 5.51. The highest BCUT2D eigenvalue weighted by molar-refractivity contribution is 7.11. The molecule has 90 valence electrons. The SMILES string of the molecule is Cc1nc(C(N)c2ccc(Cl)c(F)c2)sc1C. The summed E-state index contributed by atoms with van der Waals surface area (Å²) in [5.41, 5.74) is 7.70. The molecule has 5 heteroatoms. The van der Waals surface area contributed by atoms with Gasteiger partial charge in [0.1, 0.15) is 10.8 Å². The Balaban J connectivity index is 2.36. The lowest BCUT2D eigenvalue weighted by Gasteiger charge is -2.09. The molecular weight excluding hydrogens is 259 g/mol. The second-order valence-electron chi connectivity index (χ2n) is 3.84. The van der Waals surface area contributed by atoms with E-state index >= 15 is 0 Å². The molecule has 1 heterocycles. The fourth-order valence-electron chi connectivity index (χ4n) is 1.48. The fraction of sp³-hybridized carbons (Fsp3) is 0.250. The molecule has 2 aromatic rings. The molecule has 0 saturated carbocycles. The molecule has 0 amide bonds. The summed E-state index contributed by atoms with van der Waals surface area (Å²) in [6, 6.07) is 4.19. The van der Waals surface area contributed by atoms with E-state index in [2.05, 4.69) is 4.98 Å². The summed E-state index contributed by atoms with van der Waals surface area (Å²) in [6.07, 6.45) is 0. The Kier molecular flexibility index (Phi) is 3.47. The van der Waals surface area contributed by atoms with Crippen molar-refractivity contribution >= 4 is 22.9 Å². The van der Waals surface area contributed by atoms with Crippen molar-refractivity contribution in [2.45, 2.75) is 19.9 Å². The van der Waals surface area contributed by atoms with Crippen molar-refractivity contribution in [1.82, 2.24) is 4.98 Å². The number of hydrogen-bond acceptors (Lipinski definition) is 3. The average molecular weight is 271 g/mol. The van der Waals surface area contributed by atoms with E-state index < -0.39 is 11.9 Å². The van der Waals surface area contributed by atoms with Crippen LogP contribution >= 0.6 is 22.9 Å². The minimum absolute atomic E-state index is 0.104. The van der Waals surface area contributed by atoms with Gasteiger partial charge in [0.25, 0.3) is 0 Å². The van der Waals surface area contributed by atoms with Crippen LogP contribution in [0.4, 0.5) is 4.39 Å². The summed E-state index contributed by atoms with van der Waals surface area (Å²) in [5.74, 6) is -0.454. The number of hydrogen-bond donors (Lipinski definition) is 1. The third-order valence-electron chi connectivity index (χ3n) is 2.61. The van der Waals surface area contributed by atoms with Crippen molar-refractivity contribution in [3.05, 3.63) is 50.2 Å². The lowest BCUT2D eigenvalue weighted by atomic mass is 10.1. The van der Waals surface area contributed by atoms with Crippen molar-refractivity contribution in [3.63, 3.8) is 0 Å². The molecule has 2 rings (SSSR count). The van der Waals surface area contributed by atoms with Crippen LogP contribution in [0, 0.1) is 19.7 Å². The van der Waals surface area contributed by atoms with Gasteiger partial charge in [-0.15, -0.1) is 11.3 Å². The first-order valence-corrected chi connectivity index (χ1v) is 6.33. The summed E-state index contributed by atoms with van der Waals surface area (Å²) in [6.45, 7) is 3.93. The molecule has 1 atom stereocenters. The molecule has 0 aliphatic rings. The van der Waals surface area contributed by atoms with Gasteiger partial charge in [0.05, 0.1) is 16.8 Å². The Morgan fingerprint density at radius 2 is 2.12 bits per heavy atom. The first-order valence-electron chi connectivity index (χ1n) is 5.13. The molecule has 1 unspecified atom stereocenters. The van der Waals surface area contributed by atoms with Crippen LogP contribution < -0.4 is 5.73 Å². The number of thiazole rings is 1. The minimum Gasteiger partial charge on any atom is -0.318 e. The highest BCUT2D eigenvalue weighted by Crippen LogP contribution is 2.27. The maximum absolute atomic E-state index is 13.3. The third-order valence-corrected chi connectivity index (χ3v) is 4.08. The predicted octanol–water partition coefficient (Wildman–Crippen LogP) is 3.60. The second-order valence-corrected chi connectivity index (χ2v) is 5.49. The number of nitrogens with zero attached hydrogens (tertiary/aromatic N) is 1. The molecule has 0 bridgehead atoms. The summed E-state index contributed by atoms with van der Waals surface area (Å²) >= 11 is 7.17. The molecule has 17 heavy (non-hydrogen) atoms. The van der Waals surface area contributed by atoms with Crippen molar-refractivity contribution in [3.8, 4) is 0 Å². The topological polar surface area (TPSA) is 38.9 Å². The lowest BCUT2D eigenvalue weighted by Crippen LogP contribution is -2.11. The van der Waals surface area contributed by atoms with Crippen LogP contribution in [0.15, 0.2) is 18.2 Å². The quantitative estimate of drug-likeness (QED) is 0.906. The number of rotatable bonds is 2. The zero-order valence-corrected chi connectivity index (χ0v) is 11.1. The molecule has 0 radical (unpaired) electrons. The number of benzene rings is 1. The largest absolute Gasteiger partial charge is 0.318 e. The Labute approximate surface area is 108 Å². The fourth-order valence-corrected chi connectivity index (χ4v) is 2.55. The van der Waals surface area contributed by atoms with Gasteiger partial charge in [-0.25, -0.2) is 9.37 Å². The zero-order valence-electron chi connectivity index (χ0n) is 9.50. The van der Waals surface area contributed by atoms with Gasteiger partial charge in [0, 0.05) is 4.88 Å². The van der Waals surface area contributed by atoms with Crippen molar-refractivity contribution in [2.75, 3.05) is 0 Å². The third kappa shape index (κ3) is 2.49. The van der Waals surface area contributed by atoms with Crippen LogP contribution in [0.3, 0.4) is 0 Å². The summed E-state index contributed by atoms with van der Waals surface area (Å²) in [7, 11) is 0. The predicted molar refractivity (Wildman–Crippen MR) is 69.0 cm³/mol. The van der Waals surface area contributed by atoms with Gasteiger partial charge in [0.2, 0.25) is 0 Å². The molecule has 2 nitrogen and oxygen atoms in total. The van der Waals surface area contributed by atoms with Gasteiger partial charge in [0.15, 0.2) is 0 Å². The van der Waals surface area contributed by atoms with Gasteiger partial charge in [-0.3, -0.25) is 0 Å². The van der Waals surface area contributed by atoms with Crippen LogP contribution in [-0.4, -0.2) is 4.98 Å². The Morgan fingerprint density at radius 3 is 2.65 bits per heavy atom. The molecule has 0 fully saturated rings. The van der Waals surface area contributed by atoms with Crippen LogP contribution in [-0.2, 0) is 0 Å². The van der Waals surface area contributed by atoms with E-state index in [4.69, 9.17) is 17.3 Å². The molecule has 0 saturated heterocycles. The van der Waals surface area contributed by atoms with E-state index in [-0.39, 0.29) is 5.02 Å². The summed E-state index contributed by atoms with van der Waals surface area (Å²) < 4.78 is 13.3. The average Bonchev–Trinajstić information content (AvgIpc) is 2.62. The zero-order chi connectivity index (χ0) is 12.6. The smallest absolute Gasteiger partial charge is 0.142 e. The van der Waals surface area contributed by atoms with Gasteiger partial charge in [-0.2, -0.15) is 0 Å².